The summed E-state index contributed by atoms with van der Waals surface area (Å²) in [5, 5.41) is 0. The van der Waals surface area contributed by atoms with E-state index in [0.29, 0.717) is 45.2 Å². The number of pyridine rings is 3. The van der Waals surface area contributed by atoms with Gasteiger partial charge in [-0.25, -0.2) is 9.37 Å². The molecular formula is C30H24FN3O4. The Labute approximate surface area is 218 Å². The maximum Gasteiger partial charge on any atom is 0.213 e. The van der Waals surface area contributed by atoms with Crippen molar-refractivity contribution in [3.05, 3.63) is 112 Å². The van der Waals surface area contributed by atoms with E-state index < -0.39 is 5.82 Å². The second-order valence-electron chi connectivity index (χ2n) is 8.83. The lowest BCUT2D eigenvalue weighted by Crippen LogP contribution is -2.22. The summed E-state index contributed by atoms with van der Waals surface area (Å²) in [7, 11) is 3.32. The van der Waals surface area contributed by atoms with Gasteiger partial charge < -0.3 is 14.0 Å². The summed E-state index contributed by atoms with van der Waals surface area (Å²) in [6.45, 7) is 1.80. The number of ether oxygens (including phenoxy) is 2. The Morgan fingerprint density at radius 2 is 1.74 bits per heavy atom. The summed E-state index contributed by atoms with van der Waals surface area (Å²) in [5.74, 6) is 0.835. The van der Waals surface area contributed by atoms with Crippen LogP contribution in [0.2, 0.25) is 0 Å². The van der Waals surface area contributed by atoms with Crippen molar-refractivity contribution in [2.75, 3.05) is 7.11 Å². The van der Waals surface area contributed by atoms with Crippen LogP contribution >= 0.6 is 0 Å². The van der Waals surface area contributed by atoms with Crippen LogP contribution in [0.3, 0.4) is 0 Å². The number of methoxy groups -OCH3 is 1. The van der Waals surface area contributed by atoms with Crippen molar-refractivity contribution >= 4 is 16.8 Å². The van der Waals surface area contributed by atoms with Gasteiger partial charge in [0, 0.05) is 49.3 Å². The third kappa shape index (κ3) is 4.88. The van der Waals surface area contributed by atoms with Gasteiger partial charge in [-0.05, 0) is 48.4 Å². The number of nitrogens with zero attached hydrogens (tertiary/aromatic N) is 3. The number of aromatic nitrogens is 3. The Hall–Kier alpha value is -4.85. The molecule has 0 aliphatic rings. The number of fused-ring (bicyclic) bond motifs is 1. The SMILES string of the molecule is COc1ccc2nccc(Oc3ccc(CC(=O)c4cn(C)c(C)c(-c5ccc(F)cc5)c4=O)cc3)c2n1. The molecule has 2 aromatic carbocycles. The van der Waals surface area contributed by atoms with E-state index in [4.69, 9.17) is 9.47 Å². The van der Waals surface area contributed by atoms with Crippen molar-refractivity contribution in [1.29, 1.82) is 0 Å². The molecule has 5 rings (SSSR count). The van der Waals surface area contributed by atoms with Crippen molar-refractivity contribution in [2.24, 2.45) is 7.05 Å². The molecule has 0 aliphatic heterocycles. The molecule has 38 heavy (non-hydrogen) atoms. The van der Waals surface area contributed by atoms with Crippen LogP contribution in [-0.2, 0) is 13.5 Å². The highest BCUT2D eigenvalue weighted by atomic mass is 19.1. The van der Waals surface area contributed by atoms with Gasteiger partial charge >= 0.3 is 0 Å². The average Bonchev–Trinajstić information content (AvgIpc) is 2.93. The lowest BCUT2D eigenvalue weighted by molar-refractivity contribution is 0.0991. The molecule has 0 bridgehead atoms. The molecule has 0 unspecified atom stereocenters. The van der Waals surface area contributed by atoms with Gasteiger partial charge in [0.2, 0.25) is 5.88 Å². The largest absolute Gasteiger partial charge is 0.481 e. The zero-order valence-electron chi connectivity index (χ0n) is 21.1. The van der Waals surface area contributed by atoms with Crippen molar-refractivity contribution in [1.82, 2.24) is 14.5 Å². The summed E-state index contributed by atoms with van der Waals surface area (Å²) in [6, 6.07) is 18.0. The zero-order valence-corrected chi connectivity index (χ0v) is 21.1. The molecule has 0 fully saturated rings. The number of benzene rings is 2. The van der Waals surface area contributed by atoms with Crippen LogP contribution < -0.4 is 14.9 Å². The van der Waals surface area contributed by atoms with E-state index >= 15 is 0 Å². The van der Waals surface area contributed by atoms with Crippen LogP contribution in [0, 0.1) is 12.7 Å². The van der Waals surface area contributed by atoms with Gasteiger partial charge in [-0.1, -0.05) is 24.3 Å². The topological polar surface area (TPSA) is 83.3 Å². The fraction of sp³-hybridized carbons (Fsp3) is 0.133. The van der Waals surface area contributed by atoms with Gasteiger partial charge in [0.05, 0.1) is 18.2 Å². The van der Waals surface area contributed by atoms with E-state index in [1.54, 1.807) is 92.6 Å². The Bertz CT molecular complexity index is 1710. The van der Waals surface area contributed by atoms with Gasteiger partial charge in [-0.15, -0.1) is 0 Å². The summed E-state index contributed by atoms with van der Waals surface area (Å²) < 4.78 is 26.4. The number of ketones is 1. The number of hydrogen-bond acceptors (Lipinski definition) is 6. The average molecular weight is 510 g/mol. The second kappa shape index (κ2) is 10.3. The lowest BCUT2D eigenvalue weighted by atomic mass is 9.97. The molecule has 3 aromatic heterocycles. The predicted molar refractivity (Wildman–Crippen MR) is 142 cm³/mol. The normalized spacial score (nSPS) is 10.9. The number of halogens is 1. The Kier molecular flexibility index (Phi) is 6.70. The number of hydrogen-bond donors (Lipinski definition) is 0. The summed E-state index contributed by atoms with van der Waals surface area (Å²) >= 11 is 0. The van der Waals surface area contributed by atoms with Crippen molar-refractivity contribution in [2.45, 2.75) is 13.3 Å². The van der Waals surface area contributed by atoms with Crippen molar-refractivity contribution in [3.8, 4) is 28.5 Å². The summed E-state index contributed by atoms with van der Waals surface area (Å²) in [4.78, 5) is 35.2. The first-order valence-corrected chi connectivity index (χ1v) is 11.9. The quantitative estimate of drug-likeness (QED) is 0.263. The maximum absolute atomic E-state index is 13.4. The Morgan fingerprint density at radius 3 is 2.45 bits per heavy atom. The molecule has 3 heterocycles. The smallest absolute Gasteiger partial charge is 0.213 e. The molecule has 0 amide bonds. The zero-order chi connectivity index (χ0) is 26.8. The number of rotatable bonds is 7. The van der Waals surface area contributed by atoms with E-state index in [1.165, 1.54) is 12.1 Å². The number of aryl methyl sites for hydroxylation is 1. The van der Waals surface area contributed by atoms with E-state index in [2.05, 4.69) is 9.97 Å². The van der Waals surface area contributed by atoms with E-state index in [-0.39, 0.29) is 23.2 Å². The second-order valence-corrected chi connectivity index (χ2v) is 8.83. The molecule has 190 valence electrons. The van der Waals surface area contributed by atoms with Gasteiger partial charge in [0.15, 0.2) is 17.0 Å². The van der Waals surface area contributed by atoms with Crippen molar-refractivity contribution < 1.29 is 18.7 Å². The third-order valence-electron chi connectivity index (χ3n) is 6.36. The van der Waals surface area contributed by atoms with Crippen LogP contribution in [0.15, 0.2) is 83.9 Å². The molecular weight excluding hydrogens is 485 g/mol. The molecule has 0 saturated heterocycles. The van der Waals surface area contributed by atoms with Gasteiger partial charge in [-0.3, -0.25) is 14.6 Å². The predicted octanol–water partition coefficient (Wildman–Crippen LogP) is 5.67. The first kappa shape index (κ1) is 24.8. The molecule has 7 nitrogen and oxygen atoms in total. The number of carbonyl (C=O) groups excluding carboxylic acids is 1. The maximum atomic E-state index is 13.4. The third-order valence-corrected chi connectivity index (χ3v) is 6.36. The van der Waals surface area contributed by atoms with E-state index in [9.17, 15) is 14.0 Å². The van der Waals surface area contributed by atoms with E-state index in [1.807, 2.05) is 0 Å². The first-order valence-electron chi connectivity index (χ1n) is 11.9. The first-order chi connectivity index (χ1) is 18.3. The molecule has 0 atom stereocenters. The lowest BCUT2D eigenvalue weighted by Gasteiger charge is -2.13. The van der Waals surface area contributed by atoms with Crippen LogP contribution in [0.5, 0.6) is 17.4 Å². The number of Topliss-reactive ketones (excluding diaryl/α,β-unsaturated/α-hetero) is 1. The Balaban J connectivity index is 1.38. The fourth-order valence-corrected chi connectivity index (χ4v) is 4.24. The van der Waals surface area contributed by atoms with Crippen LogP contribution in [0.4, 0.5) is 4.39 Å². The highest BCUT2D eigenvalue weighted by molar-refractivity contribution is 5.98. The van der Waals surface area contributed by atoms with Crippen molar-refractivity contribution in [3.63, 3.8) is 0 Å². The summed E-state index contributed by atoms with van der Waals surface area (Å²) in [5.41, 5.74) is 3.32. The number of carbonyl (C=O) groups is 1. The van der Waals surface area contributed by atoms with E-state index in [0.717, 1.165) is 5.56 Å². The van der Waals surface area contributed by atoms with Crippen LogP contribution in [0.1, 0.15) is 21.6 Å². The molecule has 0 N–H and O–H groups in total. The minimum atomic E-state index is -0.393. The molecule has 5 aromatic rings. The van der Waals surface area contributed by atoms with Gasteiger partial charge in [0.1, 0.15) is 17.1 Å². The van der Waals surface area contributed by atoms with Gasteiger partial charge in [0.25, 0.3) is 0 Å². The minimum absolute atomic E-state index is 0.0401. The van der Waals surface area contributed by atoms with Gasteiger partial charge in [-0.2, -0.15) is 0 Å². The fourth-order valence-electron chi connectivity index (χ4n) is 4.24. The summed E-state index contributed by atoms with van der Waals surface area (Å²) in [6.07, 6.45) is 3.24. The minimum Gasteiger partial charge on any atom is -0.481 e. The molecule has 0 radical (unpaired) electrons. The molecule has 0 saturated carbocycles. The van der Waals surface area contributed by atoms with Crippen LogP contribution in [-0.4, -0.2) is 27.4 Å². The molecule has 0 spiro atoms. The monoisotopic (exact) mass is 509 g/mol. The standard InChI is InChI=1S/C30H24FN3O4/c1-18-28(20-6-8-21(31)9-7-20)30(36)23(17-34(18)2)25(35)16-19-4-10-22(11-5-19)38-26-14-15-32-24-12-13-27(37-3)33-29(24)26/h4-15,17H,16H2,1-3H3. The Morgan fingerprint density at radius 1 is 1.00 bits per heavy atom. The van der Waals surface area contributed by atoms with Crippen LogP contribution in [0.25, 0.3) is 22.2 Å². The molecule has 0 aliphatic carbocycles. The highest BCUT2D eigenvalue weighted by Gasteiger charge is 2.19. The molecule has 8 heteroatoms. The highest BCUT2D eigenvalue weighted by Crippen LogP contribution is 2.29.